The molecule has 6 amide bonds. The molecule has 2 fully saturated rings. The Balaban J connectivity index is 0.734. The molecule has 0 spiro atoms. The van der Waals surface area contributed by atoms with E-state index in [0.717, 1.165) is 16.0 Å². The lowest BCUT2D eigenvalue weighted by molar-refractivity contribution is -0.149. The lowest BCUT2D eigenvalue weighted by Gasteiger charge is -2.20. The third kappa shape index (κ3) is 17.1. The number of fused-ring (bicyclic) bond motifs is 2. The number of esters is 1. The molecule has 23 nitrogen and oxygen atoms in total. The minimum Gasteiger partial charge on any atom is -0.493 e. The fourth-order valence-electron chi connectivity index (χ4n) is 9.98. The van der Waals surface area contributed by atoms with Crippen LogP contribution in [-0.4, -0.2) is 154 Å². The number of aliphatic imine (C=N–C) groups is 1. The summed E-state index contributed by atoms with van der Waals surface area (Å²) in [4.78, 5) is 135. The first-order chi connectivity index (χ1) is 39.6. The molecule has 23 heteroatoms. The first-order valence-electron chi connectivity index (χ1n) is 28.0. The van der Waals surface area contributed by atoms with Gasteiger partial charge in [-0.25, -0.2) is 0 Å². The van der Waals surface area contributed by atoms with Crippen molar-refractivity contribution in [3.63, 3.8) is 0 Å². The molecular weight excluding hydrogens is 1070 g/mol. The second-order valence-corrected chi connectivity index (χ2v) is 21.5. The zero-order chi connectivity index (χ0) is 59.9. The molecule has 3 aliphatic rings. The number of nitrogens with one attached hydrogen (secondary N) is 3. The molecule has 444 valence electrons. The van der Waals surface area contributed by atoms with Gasteiger partial charge in [-0.15, -0.1) is 0 Å². The van der Waals surface area contributed by atoms with Crippen molar-refractivity contribution in [1.82, 2.24) is 28.8 Å². The van der Waals surface area contributed by atoms with E-state index < -0.39 is 23.7 Å². The van der Waals surface area contributed by atoms with Gasteiger partial charge in [0.05, 0.1) is 73.3 Å². The van der Waals surface area contributed by atoms with Crippen molar-refractivity contribution in [3.8, 4) is 5.75 Å². The van der Waals surface area contributed by atoms with Crippen molar-refractivity contribution < 1.29 is 66.9 Å². The number of hydrogen-bond donors (Lipinski definition) is 3. The van der Waals surface area contributed by atoms with Crippen LogP contribution in [-0.2, 0) is 70.5 Å². The number of benzene rings is 1. The number of likely N-dealkylation sites (tertiary alicyclic amines) is 1. The molecule has 4 aromatic rings. The number of aromatic nitrogens is 3. The van der Waals surface area contributed by atoms with Gasteiger partial charge in [0.25, 0.3) is 17.7 Å². The molecule has 2 saturated heterocycles. The van der Waals surface area contributed by atoms with E-state index >= 15 is 0 Å². The van der Waals surface area contributed by atoms with E-state index in [0.29, 0.717) is 78.5 Å². The first kappa shape index (κ1) is 62.3. The molecule has 3 N–H and O–H groups in total. The largest absolute Gasteiger partial charge is 0.493 e. The molecule has 83 heavy (non-hydrogen) atoms. The molecule has 7 rings (SSSR count). The molecule has 1 unspecified atom stereocenters. The number of aryl methyl sites for hydroxylation is 4. The van der Waals surface area contributed by atoms with Crippen molar-refractivity contribution in [2.24, 2.45) is 38.0 Å². The van der Waals surface area contributed by atoms with Crippen LogP contribution in [0.4, 0.5) is 17.1 Å². The van der Waals surface area contributed by atoms with Gasteiger partial charge in [0.15, 0.2) is 5.78 Å². The number of carbonyl (C=O) groups is 10. The summed E-state index contributed by atoms with van der Waals surface area (Å²) in [6, 6.07) is 8.20. The van der Waals surface area contributed by atoms with Gasteiger partial charge in [-0.3, -0.25) is 57.8 Å². The highest BCUT2D eigenvalue weighted by Crippen LogP contribution is 2.35. The first-order valence-corrected chi connectivity index (χ1v) is 28.0. The van der Waals surface area contributed by atoms with Gasteiger partial charge in [-0.05, 0) is 68.0 Å². The molecule has 0 aliphatic carbocycles. The van der Waals surface area contributed by atoms with Gasteiger partial charge in [0.1, 0.15) is 28.7 Å². The quantitative estimate of drug-likeness (QED) is 0.0172. The number of hydrogen-bond acceptors (Lipinski definition) is 15. The lowest BCUT2D eigenvalue weighted by atomic mass is 10.0. The van der Waals surface area contributed by atoms with Crippen molar-refractivity contribution in [2.75, 3.05) is 69.9 Å². The summed E-state index contributed by atoms with van der Waals surface area (Å²) in [5.74, 6) is -3.06. The number of rotatable bonds is 32. The molecule has 0 bridgehead atoms. The fourth-order valence-corrected chi connectivity index (χ4v) is 9.98. The number of carbonyl (C=O) groups excluding carboxylic acids is 10. The normalized spacial score (nSPS) is 15.9. The standard InChI is InChI=1S/C60H75N9O14/c1-37-23-44-32-62-48-31-53(38(2)25-47(48)59(78)69(44)33-37)82-18-9-12-54(73)63-42-29-49(66(6)35-42)52(72)28-41-27-50(65(5)34-41)57(76)64-43-30-51(67(7)36-43)56(75)61-15-10-19-83-60(79)40(4)24-46(71)14-20-81-22-21-80-17-8-11-45(70)13-16-68-55(74)26-39(3)58(68)77/h25,27,29-32,34-36,39-40,44H,1,8-24,26,28,33H2,2-7H3,(H,61,75)(H,63,73)(H,64,76)/t39?,40-,44-/m1/s1. The number of ketones is 3. The molecule has 3 atom stereocenters. The van der Waals surface area contributed by atoms with E-state index in [4.69, 9.17) is 18.9 Å². The maximum absolute atomic E-state index is 13.5. The van der Waals surface area contributed by atoms with E-state index in [1.54, 1.807) is 103 Å². The summed E-state index contributed by atoms with van der Waals surface area (Å²) in [7, 11) is 5.05. The van der Waals surface area contributed by atoms with E-state index in [1.807, 2.05) is 6.92 Å². The van der Waals surface area contributed by atoms with E-state index in [1.165, 1.54) is 6.07 Å². The number of Topliss-reactive ketones (excluding diaryl/α,β-unsaturated/α-hetero) is 3. The second kappa shape index (κ2) is 29.1. The SMILES string of the molecule is C=C1C[C@@H]2C=Nc3cc(OCCCC(=O)Nc4cc(C(=O)Cc5cc(C(=O)Nc6cc(C(=O)NCCCOC(=O)[C@H](C)CC(=O)CCOCCOCCCC(=O)CCN7C(=O)CC(C)C7=O)n(C)c6)n(C)c5)n(C)c4)c(C)cc3C(=O)N2C1. The van der Waals surface area contributed by atoms with Gasteiger partial charge < -0.3 is 53.5 Å². The van der Waals surface area contributed by atoms with Crippen LogP contribution in [0.1, 0.15) is 131 Å². The topological polar surface area (TPSA) is 277 Å². The predicted molar refractivity (Wildman–Crippen MR) is 306 cm³/mol. The highest BCUT2D eigenvalue weighted by Gasteiger charge is 2.36. The Morgan fingerprint density at radius 1 is 0.735 bits per heavy atom. The molecule has 0 radical (unpaired) electrons. The van der Waals surface area contributed by atoms with Crippen LogP contribution in [0, 0.1) is 18.8 Å². The van der Waals surface area contributed by atoms with E-state index in [-0.39, 0.29) is 155 Å². The Morgan fingerprint density at radius 2 is 1.42 bits per heavy atom. The molecule has 6 heterocycles. The van der Waals surface area contributed by atoms with Crippen molar-refractivity contribution in [3.05, 3.63) is 94.8 Å². The predicted octanol–water partition coefficient (Wildman–Crippen LogP) is 5.79. The van der Waals surface area contributed by atoms with Gasteiger partial charge in [0, 0.05) is 129 Å². The third-order valence-corrected chi connectivity index (χ3v) is 14.5. The summed E-state index contributed by atoms with van der Waals surface area (Å²) >= 11 is 0. The minimum absolute atomic E-state index is 0.0156. The summed E-state index contributed by atoms with van der Waals surface area (Å²) in [6.45, 7) is 11.3. The summed E-state index contributed by atoms with van der Waals surface area (Å²) in [5.41, 5.74) is 5.18. The third-order valence-electron chi connectivity index (χ3n) is 14.5. The number of nitrogens with zero attached hydrogens (tertiary/aromatic N) is 6. The average Bonchev–Trinajstić information content (AvgIpc) is 3.81. The second-order valence-electron chi connectivity index (χ2n) is 21.5. The van der Waals surface area contributed by atoms with E-state index in [9.17, 15) is 47.9 Å². The fraction of sp³-hybridized carbons (Fsp3) is 0.483. The lowest BCUT2D eigenvalue weighted by Crippen LogP contribution is -2.35. The van der Waals surface area contributed by atoms with Gasteiger partial charge in [0.2, 0.25) is 17.7 Å². The zero-order valence-corrected chi connectivity index (χ0v) is 48.2. The van der Waals surface area contributed by atoms with Crippen LogP contribution in [0.3, 0.4) is 0 Å². The van der Waals surface area contributed by atoms with Crippen LogP contribution < -0.4 is 20.7 Å². The molecule has 1 aromatic carbocycles. The number of anilines is 2. The van der Waals surface area contributed by atoms with Crippen molar-refractivity contribution >= 4 is 82.0 Å². The zero-order valence-electron chi connectivity index (χ0n) is 48.2. The maximum Gasteiger partial charge on any atom is 0.309 e. The molecular formula is C60H75N9O14. The number of ether oxygens (including phenoxy) is 4. The highest BCUT2D eigenvalue weighted by molar-refractivity contribution is 6.06. The average molecular weight is 1150 g/mol. The Morgan fingerprint density at radius 3 is 2.17 bits per heavy atom. The Bertz CT molecular complexity index is 3170. The van der Waals surface area contributed by atoms with Crippen LogP contribution in [0.15, 0.2) is 66.1 Å². The number of amides is 6. The molecule has 0 saturated carbocycles. The van der Waals surface area contributed by atoms with Crippen LogP contribution >= 0.6 is 0 Å². The molecule has 3 aliphatic heterocycles. The Kier molecular flexibility index (Phi) is 21.8. The van der Waals surface area contributed by atoms with Gasteiger partial charge >= 0.3 is 5.97 Å². The number of imide groups is 1. The summed E-state index contributed by atoms with van der Waals surface area (Å²) < 4.78 is 27.1. The maximum atomic E-state index is 13.5. The Hall–Kier alpha value is -8.31. The molecule has 3 aromatic heterocycles. The van der Waals surface area contributed by atoms with Crippen LogP contribution in [0.2, 0.25) is 0 Å². The van der Waals surface area contributed by atoms with Crippen molar-refractivity contribution in [2.45, 2.75) is 97.4 Å². The smallest absolute Gasteiger partial charge is 0.309 e. The Labute approximate surface area is 482 Å². The van der Waals surface area contributed by atoms with Crippen molar-refractivity contribution in [1.29, 1.82) is 0 Å². The van der Waals surface area contributed by atoms with Crippen LogP contribution in [0.25, 0.3) is 0 Å². The summed E-state index contributed by atoms with van der Waals surface area (Å²) in [5, 5.41) is 8.45. The van der Waals surface area contributed by atoms with E-state index in [2.05, 4.69) is 27.5 Å². The van der Waals surface area contributed by atoms with Crippen LogP contribution in [0.5, 0.6) is 5.75 Å². The highest BCUT2D eigenvalue weighted by atomic mass is 16.5. The minimum atomic E-state index is -0.670. The van der Waals surface area contributed by atoms with Gasteiger partial charge in [-0.1, -0.05) is 26.0 Å². The monoisotopic (exact) mass is 1150 g/mol. The van der Waals surface area contributed by atoms with Gasteiger partial charge in [-0.2, -0.15) is 0 Å². The summed E-state index contributed by atoms with van der Waals surface area (Å²) in [6.07, 6.45) is 9.48.